The van der Waals surface area contributed by atoms with Crippen LogP contribution in [0.1, 0.15) is 33.1 Å². The Balaban J connectivity index is 0. The molecule has 0 aromatic heterocycles. The summed E-state index contributed by atoms with van der Waals surface area (Å²) in [6.45, 7) is 2.44. The van der Waals surface area contributed by atoms with Gasteiger partial charge in [-0.05, 0) is 17.0 Å². The SMILES string of the molecule is C[C@]1(/[N+]([O-])=N/[O-])CCC[C@@](C)(/[N+]([O-])=N/[O-])C1=O.[K+].[K+]. The summed E-state index contributed by atoms with van der Waals surface area (Å²) >= 11 is 0. The number of nitrogens with zero attached hydrogens (tertiary/aromatic N) is 4. The van der Waals surface area contributed by atoms with Crippen LogP contribution in [0.25, 0.3) is 0 Å². The van der Waals surface area contributed by atoms with Gasteiger partial charge in [0.05, 0.1) is 0 Å². The summed E-state index contributed by atoms with van der Waals surface area (Å²) in [6.07, 6.45) is 0.536. The van der Waals surface area contributed by atoms with E-state index in [0.29, 0.717) is 6.42 Å². The minimum absolute atomic E-state index is 0. The van der Waals surface area contributed by atoms with Crippen molar-refractivity contribution in [1.82, 2.24) is 0 Å². The second kappa shape index (κ2) is 8.70. The van der Waals surface area contributed by atoms with Crippen molar-refractivity contribution in [2.24, 2.45) is 10.6 Å². The summed E-state index contributed by atoms with van der Waals surface area (Å²) < 4.78 is 0. The van der Waals surface area contributed by atoms with Gasteiger partial charge in [-0.3, -0.25) is 4.79 Å². The van der Waals surface area contributed by atoms with Crippen LogP contribution in [0.3, 0.4) is 0 Å². The van der Waals surface area contributed by atoms with Gasteiger partial charge in [0, 0.05) is 26.7 Å². The van der Waals surface area contributed by atoms with Crippen LogP contribution in [0.2, 0.25) is 0 Å². The molecule has 1 saturated carbocycles. The van der Waals surface area contributed by atoms with E-state index in [1.165, 1.54) is 13.8 Å². The number of hydrogen-bond donors (Lipinski definition) is 0. The van der Waals surface area contributed by atoms with Crippen molar-refractivity contribution in [3.63, 3.8) is 0 Å². The molecule has 96 valence electrons. The molecule has 0 saturated heterocycles. The molecule has 0 N–H and O–H groups in total. The van der Waals surface area contributed by atoms with Gasteiger partial charge >= 0.3 is 103 Å². The Morgan fingerprint density at radius 3 is 1.58 bits per heavy atom. The Kier molecular flexibility index (Phi) is 10.4. The van der Waals surface area contributed by atoms with Gasteiger partial charge in [0.1, 0.15) is 0 Å². The minimum atomic E-state index is -1.72. The molecule has 2 atom stereocenters. The first-order chi connectivity index (χ1) is 7.82. The Hall–Kier alpha value is 1.34. The molecular weight excluding hydrogens is 310 g/mol. The number of ketones is 1. The third kappa shape index (κ3) is 4.17. The summed E-state index contributed by atoms with van der Waals surface area (Å²) in [7, 11) is 0. The van der Waals surface area contributed by atoms with E-state index in [-0.39, 0.29) is 125 Å². The topological polar surface area (TPSA) is 140 Å². The van der Waals surface area contributed by atoms with Gasteiger partial charge < -0.3 is 20.8 Å². The van der Waals surface area contributed by atoms with Crippen molar-refractivity contribution in [3.8, 4) is 0 Å². The monoisotopic (exact) mass is 322 g/mol. The van der Waals surface area contributed by atoms with Crippen LogP contribution in [0, 0.1) is 20.8 Å². The fourth-order valence-electron chi connectivity index (χ4n) is 2.13. The van der Waals surface area contributed by atoms with Gasteiger partial charge in [-0.1, -0.05) is 9.72 Å². The Morgan fingerprint density at radius 2 is 1.32 bits per heavy atom. The summed E-state index contributed by atoms with van der Waals surface area (Å²) in [6, 6.07) is 0. The molecule has 1 rings (SSSR count). The number of carbonyl (C=O) groups excluding carboxylic acids is 1. The summed E-state index contributed by atoms with van der Waals surface area (Å²) in [5.41, 5.74) is -3.44. The normalized spacial score (nSPS) is 32.2. The molecule has 1 fully saturated rings. The number of Topliss-reactive ketones (excluding diaryl/α,β-unsaturated/α-hetero) is 1. The Labute approximate surface area is 195 Å². The smallest absolute Gasteiger partial charge is 0.739 e. The summed E-state index contributed by atoms with van der Waals surface area (Å²) in [4.78, 5) is 11.6. The molecule has 0 unspecified atom stereocenters. The predicted molar refractivity (Wildman–Crippen MR) is 54.5 cm³/mol. The maximum Gasteiger partial charge on any atom is 1.00 e. The molecule has 0 spiro atoms. The predicted octanol–water partition coefficient (Wildman–Crippen LogP) is -4.81. The van der Waals surface area contributed by atoms with E-state index in [4.69, 9.17) is 0 Å². The zero-order valence-corrected chi connectivity index (χ0v) is 17.7. The molecule has 9 nitrogen and oxygen atoms in total. The average Bonchev–Trinajstić information content (AvgIpc) is 2.33. The average molecular weight is 322 g/mol. The maximum atomic E-state index is 12.1. The van der Waals surface area contributed by atoms with E-state index >= 15 is 0 Å². The van der Waals surface area contributed by atoms with E-state index in [9.17, 15) is 25.6 Å². The first-order valence-corrected chi connectivity index (χ1v) is 4.99. The molecule has 0 heterocycles. The number of hydroxylamine groups is 2. The first kappa shape index (κ1) is 22.6. The first-order valence-electron chi connectivity index (χ1n) is 4.99. The molecular formula is C8H12K2N4O5. The van der Waals surface area contributed by atoms with Gasteiger partial charge in [-0.15, -0.1) is 0 Å². The van der Waals surface area contributed by atoms with Crippen LogP contribution in [-0.4, -0.2) is 26.6 Å². The molecule has 0 radical (unpaired) electrons. The molecule has 1 aliphatic carbocycles. The fourth-order valence-corrected chi connectivity index (χ4v) is 2.13. The number of carbonyl (C=O) groups is 1. The van der Waals surface area contributed by atoms with Crippen molar-refractivity contribution in [2.75, 3.05) is 0 Å². The van der Waals surface area contributed by atoms with Crippen molar-refractivity contribution < 1.29 is 117 Å². The van der Waals surface area contributed by atoms with Gasteiger partial charge in [-0.25, -0.2) is 0 Å². The van der Waals surface area contributed by atoms with Crippen molar-refractivity contribution in [1.29, 1.82) is 0 Å². The van der Waals surface area contributed by atoms with Crippen LogP contribution in [0.15, 0.2) is 10.6 Å². The fraction of sp³-hybridized carbons (Fsp3) is 0.875. The quantitative estimate of drug-likeness (QED) is 0.217. The molecule has 0 aromatic rings. The third-order valence-corrected chi connectivity index (χ3v) is 3.30. The standard InChI is InChI=1S/C8H14N4O5.2K/c1-7(11(16)9-14)4-3-5-8(2,6(7)13)12(17)10-15;;/h14-15H,3-5H2,1-2H3;;/q;2*+1/p-2/b11-9-,12-10-;;/t7-,8+;;. The van der Waals surface area contributed by atoms with Crippen LogP contribution in [0.5, 0.6) is 0 Å². The molecule has 19 heavy (non-hydrogen) atoms. The van der Waals surface area contributed by atoms with E-state index in [1.54, 1.807) is 0 Å². The molecule has 1 aliphatic rings. The zero-order chi connectivity index (χ0) is 13.3. The number of hydrogen-bond acceptors (Lipinski definition) is 7. The van der Waals surface area contributed by atoms with Gasteiger partial charge in [0.2, 0.25) is 0 Å². The van der Waals surface area contributed by atoms with Crippen LogP contribution >= 0.6 is 0 Å². The zero-order valence-electron chi connectivity index (χ0n) is 11.5. The van der Waals surface area contributed by atoms with E-state index in [2.05, 4.69) is 10.6 Å². The van der Waals surface area contributed by atoms with E-state index in [1.807, 2.05) is 0 Å². The van der Waals surface area contributed by atoms with Crippen molar-refractivity contribution in [2.45, 2.75) is 44.2 Å². The summed E-state index contributed by atoms with van der Waals surface area (Å²) in [5.74, 6) is -0.819. The molecule has 0 aromatic carbocycles. The molecule has 0 bridgehead atoms. The van der Waals surface area contributed by atoms with Crippen LogP contribution in [-0.2, 0) is 4.79 Å². The Morgan fingerprint density at radius 1 is 1.00 bits per heavy atom. The third-order valence-electron chi connectivity index (χ3n) is 3.30. The second-order valence-corrected chi connectivity index (χ2v) is 4.44. The summed E-state index contributed by atoms with van der Waals surface area (Å²) in [5, 5.41) is 47.4. The maximum absolute atomic E-state index is 12.1. The van der Waals surface area contributed by atoms with E-state index in [0.717, 1.165) is 0 Å². The minimum Gasteiger partial charge on any atom is -0.739 e. The molecule has 11 heteroatoms. The van der Waals surface area contributed by atoms with Crippen molar-refractivity contribution in [3.05, 3.63) is 20.8 Å². The van der Waals surface area contributed by atoms with Gasteiger partial charge in [0.25, 0.3) is 16.9 Å². The largest absolute Gasteiger partial charge is 1.00 e. The van der Waals surface area contributed by atoms with Crippen LogP contribution in [0.4, 0.5) is 0 Å². The van der Waals surface area contributed by atoms with Crippen LogP contribution < -0.4 is 103 Å². The molecule has 0 amide bonds. The number of rotatable bonds is 2. The van der Waals surface area contributed by atoms with E-state index < -0.39 is 16.9 Å². The molecule has 0 aliphatic heterocycles. The van der Waals surface area contributed by atoms with Crippen molar-refractivity contribution >= 4 is 5.78 Å². The van der Waals surface area contributed by atoms with Gasteiger partial charge in [0.15, 0.2) is 0 Å². The second-order valence-electron chi connectivity index (χ2n) is 4.44. The van der Waals surface area contributed by atoms with Gasteiger partial charge in [-0.2, -0.15) is 0 Å². The Bertz CT molecular complexity index is 371.